The van der Waals surface area contributed by atoms with Gasteiger partial charge < -0.3 is 25.0 Å². The monoisotopic (exact) mass is 498 g/mol. The van der Waals surface area contributed by atoms with Gasteiger partial charge in [-0.15, -0.1) is 0 Å². The number of likely N-dealkylation sites (N-methyl/N-ethyl adjacent to an activating group) is 1. The van der Waals surface area contributed by atoms with E-state index in [1.165, 1.54) is 12.1 Å². The first kappa shape index (κ1) is 25.9. The Morgan fingerprint density at radius 1 is 1.28 bits per heavy atom. The van der Waals surface area contributed by atoms with Crippen LogP contribution in [0.15, 0.2) is 36.5 Å². The predicted octanol–water partition coefficient (Wildman–Crippen LogP) is 3.69. The fourth-order valence-electron chi connectivity index (χ4n) is 4.83. The Balaban J connectivity index is 1.62. The molecule has 194 valence electrons. The predicted molar refractivity (Wildman–Crippen MR) is 134 cm³/mol. The molecule has 3 amide bonds. The Kier molecular flexibility index (Phi) is 8.08. The molecule has 36 heavy (non-hydrogen) atoms. The fourth-order valence-corrected chi connectivity index (χ4v) is 4.83. The smallest absolute Gasteiger partial charge is 0.317 e. The molecule has 8 nitrogen and oxygen atoms in total. The van der Waals surface area contributed by atoms with E-state index in [0.717, 1.165) is 31.2 Å². The van der Waals surface area contributed by atoms with Crippen LogP contribution in [0.25, 0.3) is 11.1 Å². The summed E-state index contributed by atoms with van der Waals surface area (Å²) in [6.07, 6.45) is 5.44. The van der Waals surface area contributed by atoms with Gasteiger partial charge in [-0.05, 0) is 43.5 Å². The zero-order chi connectivity index (χ0) is 25.8. The first-order chi connectivity index (χ1) is 17.3. The van der Waals surface area contributed by atoms with Gasteiger partial charge in [-0.3, -0.25) is 4.79 Å². The van der Waals surface area contributed by atoms with Crippen molar-refractivity contribution in [2.24, 2.45) is 5.92 Å². The first-order valence-corrected chi connectivity index (χ1v) is 12.6. The van der Waals surface area contributed by atoms with Gasteiger partial charge in [-0.1, -0.05) is 31.9 Å². The highest BCUT2D eigenvalue weighted by Crippen LogP contribution is 2.30. The number of carbonyl (C=O) groups excluding carboxylic acids is 2. The fraction of sp³-hybridized carbons (Fsp3) is 0.519. The molecule has 1 aromatic carbocycles. The summed E-state index contributed by atoms with van der Waals surface area (Å²) in [4.78, 5) is 34.1. The van der Waals surface area contributed by atoms with Crippen molar-refractivity contribution in [1.82, 2.24) is 20.1 Å². The number of ether oxygens (including phenoxy) is 1. The minimum Gasteiger partial charge on any atom is -0.472 e. The maximum atomic E-state index is 13.6. The van der Waals surface area contributed by atoms with Crippen LogP contribution in [0.5, 0.6) is 5.88 Å². The molecule has 4 rings (SSSR count). The van der Waals surface area contributed by atoms with E-state index in [9.17, 15) is 19.1 Å². The zero-order valence-corrected chi connectivity index (χ0v) is 21.1. The Bertz CT molecular complexity index is 1070. The second-order valence-corrected chi connectivity index (χ2v) is 10.0. The summed E-state index contributed by atoms with van der Waals surface area (Å²) in [5.41, 5.74) is 1.64. The highest BCUT2D eigenvalue weighted by atomic mass is 19.1. The number of hydrogen-bond acceptors (Lipinski definition) is 5. The van der Waals surface area contributed by atoms with Crippen LogP contribution in [0.2, 0.25) is 0 Å². The number of nitrogens with zero attached hydrogens (tertiary/aromatic N) is 3. The number of hydrogen-bond donors (Lipinski definition) is 2. The Hall–Kier alpha value is -3.20. The maximum absolute atomic E-state index is 13.6. The average Bonchev–Trinajstić information content (AvgIpc) is 3.39. The van der Waals surface area contributed by atoms with Crippen LogP contribution in [0.3, 0.4) is 0 Å². The Morgan fingerprint density at radius 3 is 2.64 bits per heavy atom. The number of urea groups is 1. The maximum Gasteiger partial charge on any atom is 0.317 e. The Labute approximate surface area is 211 Å². The second-order valence-electron chi connectivity index (χ2n) is 10.0. The van der Waals surface area contributed by atoms with Gasteiger partial charge in [0.1, 0.15) is 17.5 Å². The third kappa shape index (κ3) is 5.78. The highest BCUT2D eigenvalue weighted by Gasteiger charge is 2.35. The number of halogens is 1. The minimum absolute atomic E-state index is 0.128. The van der Waals surface area contributed by atoms with Crippen LogP contribution in [0.1, 0.15) is 49.9 Å². The van der Waals surface area contributed by atoms with Gasteiger partial charge in [0.05, 0.1) is 19.2 Å². The Morgan fingerprint density at radius 2 is 1.97 bits per heavy atom. The van der Waals surface area contributed by atoms with E-state index >= 15 is 0 Å². The molecule has 1 aliphatic carbocycles. The van der Waals surface area contributed by atoms with Gasteiger partial charge in [-0.2, -0.15) is 0 Å². The van der Waals surface area contributed by atoms with Crippen molar-refractivity contribution >= 4 is 11.9 Å². The van der Waals surface area contributed by atoms with Crippen LogP contribution >= 0.6 is 0 Å². The molecule has 1 aliphatic heterocycles. The summed E-state index contributed by atoms with van der Waals surface area (Å²) >= 11 is 0. The van der Waals surface area contributed by atoms with Crippen molar-refractivity contribution in [2.45, 2.75) is 57.7 Å². The molecule has 1 fully saturated rings. The van der Waals surface area contributed by atoms with E-state index in [1.807, 2.05) is 6.92 Å². The van der Waals surface area contributed by atoms with Crippen LogP contribution in [0.4, 0.5) is 9.18 Å². The number of aromatic nitrogens is 1. The van der Waals surface area contributed by atoms with Gasteiger partial charge in [0.15, 0.2) is 0 Å². The largest absolute Gasteiger partial charge is 0.472 e. The van der Waals surface area contributed by atoms with E-state index in [-0.39, 0.29) is 47.8 Å². The molecule has 2 aromatic rings. The number of nitrogens with one attached hydrogen (secondary N) is 1. The lowest BCUT2D eigenvalue weighted by molar-refractivity contribution is 0.0351. The topological polar surface area (TPSA) is 95.0 Å². The van der Waals surface area contributed by atoms with Crippen molar-refractivity contribution in [3.8, 4) is 17.0 Å². The summed E-state index contributed by atoms with van der Waals surface area (Å²) < 4.78 is 19.7. The molecule has 2 N–H and O–H groups in total. The molecule has 2 heterocycles. The van der Waals surface area contributed by atoms with Crippen molar-refractivity contribution < 1.29 is 23.8 Å². The van der Waals surface area contributed by atoms with Gasteiger partial charge in [0.25, 0.3) is 5.91 Å². The number of rotatable bonds is 6. The summed E-state index contributed by atoms with van der Waals surface area (Å²) in [7, 11) is 1.74. The van der Waals surface area contributed by atoms with Crippen molar-refractivity contribution in [3.63, 3.8) is 0 Å². The lowest BCUT2D eigenvalue weighted by Crippen LogP contribution is -2.52. The molecule has 9 heteroatoms. The van der Waals surface area contributed by atoms with Crippen molar-refractivity contribution in [2.75, 3.05) is 26.7 Å². The third-order valence-electron chi connectivity index (χ3n) is 7.18. The van der Waals surface area contributed by atoms with E-state index in [4.69, 9.17) is 4.74 Å². The molecule has 3 atom stereocenters. The van der Waals surface area contributed by atoms with E-state index in [1.54, 1.807) is 48.2 Å². The van der Waals surface area contributed by atoms with Crippen molar-refractivity contribution in [3.05, 3.63) is 47.9 Å². The van der Waals surface area contributed by atoms with E-state index < -0.39 is 12.1 Å². The number of aliphatic hydroxyl groups is 1. The van der Waals surface area contributed by atoms with Crippen LogP contribution in [0, 0.1) is 11.7 Å². The number of amides is 3. The summed E-state index contributed by atoms with van der Waals surface area (Å²) in [5.74, 6) is -0.586. The van der Waals surface area contributed by atoms with E-state index in [2.05, 4.69) is 10.3 Å². The summed E-state index contributed by atoms with van der Waals surface area (Å²) in [6, 6.07) is 7.32. The zero-order valence-electron chi connectivity index (χ0n) is 21.1. The molecular formula is C27H35FN4O4. The number of benzene rings is 1. The molecule has 1 saturated carbocycles. The first-order valence-electron chi connectivity index (χ1n) is 12.6. The average molecular weight is 499 g/mol. The lowest BCUT2D eigenvalue weighted by Gasteiger charge is -2.37. The minimum atomic E-state index is -0.422. The van der Waals surface area contributed by atoms with Gasteiger partial charge in [-0.25, -0.2) is 14.2 Å². The van der Waals surface area contributed by atoms with Crippen molar-refractivity contribution in [1.29, 1.82) is 0 Å². The molecule has 0 spiro atoms. The standard InChI is InChI=1S/C27H35FN4O4/c1-17-14-32(18(2)16-33)26(34)23-12-20(19-8-10-21(28)11-9-19)13-29-25(23)36-24(17)15-31(3)27(35)30-22-6-4-5-7-22/h8-13,17-18,22,24,33H,4-7,14-16H2,1-3H3,(H,30,35)/t17-,18+,24-/m0/s1. The van der Waals surface area contributed by atoms with Crippen LogP contribution in [-0.2, 0) is 0 Å². The molecule has 1 aromatic heterocycles. The van der Waals surface area contributed by atoms with Gasteiger partial charge in [0.2, 0.25) is 5.88 Å². The second kappa shape index (κ2) is 11.2. The molecule has 0 bridgehead atoms. The van der Waals surface area contributed by atoms with Crippen LogP contribution in [-0.4, -0.2) is 76.8 Å². The summed E-state index contributed by atoms with van der Waals surface area (Å²) in [6.45, 7) is 4.24. The number of fused-ring (bicyclic) bond motifs is 1. The lowest BCUT2D eigenvalue weighted by atomic mass is 9.99. The van der Waals surface area contributed by atoms with Gasteiger partial charge >= 0.3 is 6.03 Å². The van der Waals surface area contributed by atoms with Gasteiger partial charge in [0, 0.05) is 37.3 Å². The molecule has 0 saturated heterocycles. The molecule has 0 radical (unpaired) electrons. The quantitative estimate of drug-likeness (QED) is 0.634. The van der Waals surface area contributed by atoms with Crippen LogP contribution < -0.4 is 10.1 Å². The number of carbonyl (C=O) groups is 2. The van der Waals surface area contributed by atoms with E-state index in [0.29, 0.717) is 18.7 Å². The summed E-state index contributed by atoms with van der Waals surface area (Å²) in [5, 5.41) is 12.9. The molecular weight excluding hydrogens is 463 g/mol. The number of aliphatic hydroxyl groups excluding tert-OH is 1. The normalized spacial score (nSPS) is 21.2. The molecule has 2 aliphatic rings. The SMILES string of the molecule is C[C@H](CO)N1C[C@H](C)[C@H](CN(C)C(=O)NC2CCCC2)Oc2ncc(-c3ccc(F)cc3)cc2C1=O. The molecule has 0 unspecified atom stereocenters. The third-order valence-corrected chi connectivity index (χ3v) is 7.18. The number of pyridine rings is 1. The highest BCUT2D eigenvalue weighted by molar-refractivity contribution is 5.98.